The van der Waals surface area contributed by atoms with Crippen molar-refractivity contribution in [2.24, 2.45) is 0 Å². The maximum Gasteiger partial charge on any atom is 0.368 e. The lowest BCUT2D eigenvalue weighted by atomic mass is 9.97. The third kappa shape index (κ3) is 2.71. The summed E-state index contributed by atoms with van der Waals surface area (Å²) < 4.78 is 6.22. The molecule has 21 heavy (non-hydrogen) atoms. The van der Waals surface area contributed by atoms with E-state index in [9.17, 15) is 15.0 Å². The van der Waals surface area contributed by atoms with Crippen molar-refractivity contribution in [3.63, 3.8) is 0 Å². The molecular weight excluding hydrogens is 323 g/mol. The van der Waals surface area contributed by atoms with Gasteiger partial charge in [-0.25, -0.2) is 4.79 Å². The van der Waals surface area contributed by atoms with E-state index in [1.54, 1.807) is 0 Å². The molecule has 5 atom stereocenters. The first-order chi connectivity index (χ1) is 9.81. The molecule has 1 fully saturated rings. The van der Waals surface area contributed by atoms with Crippen LogP contribution < -0.4 is 11.4 Å². The molecule has 1 aromatic rings. The van der Waals surface area contributed by atoms with Gasteiger partial charge in [-0.15, -0.1) is 0 Å². The van der Waals surface area contributed by atoms with Crippen LogP contribution in [-0.4, -0.2) is 48.2 Å². The fraction of sp³-hybridized carbons (Fsp3) is 0.545. The van der Waals surface area contributed by atoms with Gasteiger partial charge in [0.25, 0.3) is 0 Å². The van der Waals surface area contributed by atoms with E-state index in [0.717, 1.165) is 10.9 Å². The lowest BCUT2D eigenvalue weighted by molar-refractivity contribution is -0.0809. The molecule has 0 amide bonds. The highest BCUT2D eigenvalue weighted by Gasteiger charge is 2.57. The van der Waals surface area contributed by atoms with Crippen molar-refractivity contribution in [1.82, 2.24) is 14.8 Å². The molecule has 0 bridgehead atoms. The van der Waals surface area contributed by atoms with Crippen molar-refractivity contribution in [3.05, 3.63) is 16.7 Å². The summed E-state index contributed by atoms with van der Waals surface area (Å²) in [7, 11) is 0. The van der Waals surface area contributed by atoms with Crippen LogP contribution in [0.5, 0.6) is 0 Å². The third-order valence-corrected chi connectivity index (χ3v) is 3.66. The predicted molar refractivity (Wildman–Crippen MR) is 74.5 cm³/mol. The molecule has 1 aromatic heterocycles. The zero-order chi connectivity index (χ0) is 15.8. The number of ether oxygens (including phenoxy) is 1. The van der Waals surface area contributed by atoms with Crippen molar-refractivity contribution >= 4 is 29.0 Å². The minimum Gasteiger partial charge on any atom is -0.391 e. The molecule has 1 unspecified atom stereocenters. The predicted octanol–water partition coefficient (Wildman–Crippen LogP) is -0.963. The summed E-state index contributed by atoms with van der Waals surface area (Å²) in [6.45, 7) is 1.40. The monoisotopic (exact) mass is 334 g/mol. The average Bonchev–Trinajstić information content (AvgIpc) is 2.64. The number of aliphatic hydroxyl groups excluding tert-OH is 2. The molecule has 1 aliphatic rings. The summed E-state index contributed by atoms with van der Waals surface area (Å²) in [6, 6.07) is 0. The number of aliphatic hydroxyl groups is 2. The normalized spacial score (nSPS) is 33.3. The second-order valence-corrected chi connectivity index (χ2v) is 5.35. The minimum absolute atomic E-state index is 0.0783. The van der Waals surface area contributed by atoms with Crippen LogP contribution in [0.1, 0.15) is 13.2 Å². The van der Waals surface area contributed by atoms with Gasteiger partial charge in [-0.2, -0.15) is 14.8 Å². The van der Waals surface area contributed by atoms with E-state index in [4.69, 9.17) is 33.7 Å². The first kappa shape index (κ1) is 16.0. The van der Waals surface area contributed by atoms with E-state index < -0.39 is 35.1 Å². The third-order valence-electron chi connectivity index (χ3n) is 3.06. The molecule has 4 N–H and O–H groups in total. The molecule has 2 rings (SSSR count). The molecule has 1 aliphatic heterocycles. The molecule has 2 heterocycles. The highest BCUT2D eigenvalue weighted by molar-refractivity contribution is 6.32. The number of nitrogens with zero attached hydrogens (tertiary/aromatic N) is 3. The Kier molecular flexibility index (Phi) is 4.41. The lowest BCUT2D eigenvalue weighted by Gasteiger charge is -2.24. The van der Waals surface area contributed by atoms with Gasteiger partial charge >= 0.3 is 5.69 Å². The molecule has 8 nitrogen and oxygen atoms in total. The SMILES string of the molecule is C[C@@H](O)[C@H]1O[C@@H](n2ncc(N)nc2=O)[C@@](Cl)(C#CCl)C1O. The highest BCUT2D eigenvalue weighted by atomic mass is 35.5. The number of halogens is 2. The topological polar surface area (TPSA) is 123 Å². The second-order valence-electron chi connectivity index (χ2n) is 4.53. The van der Waals surface area contributed by atoms with Gasteiger partial charge in [0.05, 0.1) is 12.3 Å². The van der Waals surface area contributed by atoms with Crippen LogP contribution >= 0.6 is 23.2 Å². The molecule has 0 aromatic carbocycles. The van der Waals surface area contributed by atoms with Crippen molar-refractivity contribution in [1.29, 1.82) is 0 Å². The van der Waals surface area contributed by atoms with Gasteiger partial charge in [0.1, 0.15) is 18.0 Å². The number of rotatable bonds is 2. The molecule has 1 saturated heterocycles. The van der Waals surface area contributed by atoms with Gasteiger partial charge < -0.3 is 20.7 Å². The molecule has 0 spiro atoms. The maximum absolute atomic E-state index is 11.8. The molecular formula is C11H12Cl2N4O4. The van der Waals surface area contributed by atoms with E-state index in [-0.39, 0.29) is 5.82 Å². The molecule has 114 valence electrons. The Hall–Kier alpha value is -1.37. The molecule has 0 aliphatic carbocycles. The quantitative estimate of drug-likeness (QED) is 0.470. The largest absolute Gasteiger partial charge is 0.391 e. The number of nitrogen functional groups attached to an aromatic ring is 1. The van der Waals surface area contributed by atoms with Crippen LogP contribution in [-0.2, 0) is 4.74 Å². The summed E-state index contributed by atoms with van der Waals surface area (Å²) in [5.74, 6) is 2.30. The Labute approximate surface area is 129 Å². The Morgan fingerprint density at radius 1 is 1.67 bits per heavy atom. The summed E-state index contributed by atoms with van der Waals surface area (Å²) >= 11 is 11.6. The number of hydrogen-bond acceptors (Lipinski definition) is 7. The van der Waals surface area contributed by atoms with Crippen molar-refractivity contribution in [2.45, 2.75) is 36.3 Å². The maximum atomic E-state index is 11.8. The molecule has 10 heteroatoms. The standard InChI is InChI=1S/C11H12Cl2N4O4/c1-5(18)7-8(19)11(13,2-3-12)9(21-7)17-10(20)16-6(14)4-15-17/h4-5,7-9,18-19H,1H3,(H2,14,16,20)/t5-,7-,8?,9-,11-/m1/s1. The number of anilines is 1. The van der Waals surface area contributed by atoms with E-state index in [1.165, 1.54) is 6.92 Å². The average molecular weight is 335 g/mol. The van der Waals surface area contributed by atoms with E-state index >= 15 is 0 Å². The van der Waals surface area contributed by atoms with Crippen molar-refractivity contribution < 1.29 is 14.9 Å². The van der Waals surface area contributed by atoms with Crippen LogP contribution in [0, 0.1) is 11.3 Å². The summed E-state index contributed by atoms with van der Waals surface area (Å²) in [5.41, 5.74) is 4.52. The molecule has 0 radical (unpaired) electrons. The van der Waals surface area contributed by atoms with Gasteiger partial charge in [0, 0.05) is 5.38 Å². The van der Waals surface area contributed by atoms with Crippen LogP contribution in [0.3, 0.4) is 0 Å². The Morgan fingerprint density at radius 3 is 2.86 bits per heavy atom. The minimum atomic E-state index is -1.77. The van der Waals surface area contributed by atoms with Crippen LogP contribution in [0.2, 0.25) is 0 Å². The Morgan fingerprint density at radius 2 is 2.33 bits per heavy atom. The van der Waals surface area contributed by atoms with Gasteiger partial charge in [-0.05, 0) is 18.5 Å². The summed E-state index contributed by atoms with van der Waals surface area (Å²) in [5, 5.41) is 25.7. The van der Waals surface area contributed by atoms with Crippen molar-refractivity contribution in [2.75, 3.05) is 5.73 Å². The smallest absolute Gasteiger partial charge is 0.368 e. The van der Waals surface area contributed by atoms with E-state index in [0.29, 0.717) is 0 Å². The van der Waals surface area contributed by atoms with Crippen LogP contribution in [0.4, 0.5) is 5.82 Å². The summed E-state index contributed by atoms with van der Waals surface area (Å²) in [4.78, 5) is 13.6. The van der Waals surface area contributed by atoms with Crippen molar-refractivity contribution in [3.8, 4) is 11.3 Å². The first-order valence-electron chi connectivity index (χ1n) is 5.86. The first-order valence-corrected chi connectivity index (χ1v) is 6.61. The van der Waals surface area contributed by atoms with Crippen LogP contribution in [0.25, 0.3) is 0 Å². The van der Waals surface area contributed by atoms with Crippen LogP contribution in [0.15, 0.2) is 11.0 Å². The van der Waals surface area contributed by atoms with Gasteiger partial charge in [0.15, 0.2) is 11.1 Å². The fourth-order valence-electron chi connectivity index (χ4n) is 2.05. The number of nitrogens with two attached hydrogens (primary N) is 1. The van der Waals surface area contributed by atoms with Gasteiger partial charge in [0.2, 0.25) is 0 Å². The highest BCUT2D eigenvalue weighted by Crippen LogP contribution is 2.43. The zero-order valence-electron chi connectivity index (χ0n) is 10.8. The fourth-order valence-corrected chi connectivity index (χ4v) is 2.57. The van der Waals surface area contributed by atoms with E-state index in [1.807, 2.05) is 0 Å². The lowest BCUT2D eigenvalue weighted by Crippen LogP contribution is -2.45. The number of hydrogen-bond donors (Lipinski definition) is 3. The van der Waals surface area contributed by atoms with Gasteiger partial charge in [-0.1, -0.05) is 17.5 Å². The Bertz CT molecular complexity index is 656. The summed E-state index contributed by atoms with van der Waals surface area (Å²) in [6.07, 6.45) is -3.70. The number of aromatic nitrogens is 3. The molecule has 0 saturated carbocycles. The second kappa shape index (κ2) is 5.79. The van der Waals surface area contributed by atoms with Gasteiger partial charge in [-0.3, -0.25) is 0 Å². The Balaban J connectivity index is 2.54. The van der Waals surface area contributed by atoms with E-state index in [2.05, 4.69) is 21.4 Å². The zero-order valence-corrected chi connectivity index (χ0v) is 12.3. The number of alkyl halides is 1.